The molecule has 0 unspecified atom stereocenters. The van der Waals surface area contributed by atoms with E-state index < -0.39 is 17.7 Å². The molecule has 0 heterocycles. The van der Waals surface area contributed by atoms with Gasteiger partial charge >= 0.3 is 5.97 Å². The average Bonchev–Trinajstić information content (AvgIpc) is 2.36. The summed E-state index contributed by atoms with van der Waals surface area (Å²) in [5, 5.41) is 2.30. The zero-order valence-corrected chi connectivity index (χ0v) is 11.2. The second-order valence-electron chi connectivity index (χ2n) is 3.28. The standard InChI is InChI=1S/C12H11BrFNO3/c1-15-11(16)7-18-12(17)5-2-8-6-9(13)3-4-10(8)14/h2-6H,7H2,1H3,(H,15,16)/b5-2+. The lowest BCUT2D eigenvalue weighted by molar-refractivity contribution is -0.143. The van der Waals surface area contributed by atoms with E-state index in [1.54, 1.807) is 6.07 Å². The van der Waals surface area contributed by atoms with Crippen molar-refractivity contribution in [2.45, 2.75) is 0 Å². The number of hydrogen-bond acceptors (Lipinski definition) is 3. The van der Waals surface area contributed by atoms with Gasteiger partial charge in [-0.25, -0.2) is 9.18 Å². The zero-order chi connectivity index (χ0) is 13.5. The van der Waals surface area contributed by atoms with Gasteiger partial charge in [0.15, 0.2) is 6.61 Å². The molecule has 0 aromatic heterocycles. The van der Waals surface area contributed by atoms with E-state index in [0.717, 1.165) is 6.08 Å². The smallest absolute Gasteiger partial charge is 0.331 e. The maximum absolute atomic E-state index is 13.3. The Bertz CT molecular complexity index is 488. The van der Waals surface area contributed by atoms with Crippen LogP contribution in [0.15, 0.2) is 28.7 Å². The van der Waals surface area contributed by atoms with Gasteiger partial charge in [-0.2, -0.15) is 0 Å². The second kappa shape index (κ2) is 6.90. The largest absolute Gasteiger partial charge is 0.452 e. The Morgan fingerprint density at radius 2 is 2.22 bits per heavy atom. The molecule has 0 bridgehead atoms. The predicted molar refractivity (Wildman–Crippen MR) is 68.2 cm³/mol. The highest BCUT2D eigenvalue weighted by molar-refractivity contribution is 9.10. The number of likely N-dealkylation sites (N-methyl/N-ethyl adjacent to an activating group) is 1. The fourth-order valence-corrected chi connectivity index (χ4v) is 1.44. The summed E-state index contributed by atoms with van der Waals surface area (Å²) in [5.74, 6) is -1.57. The van der Waals surface area contributed by atoms with Gasteiger partial charge in [0.05, 0.1) is 0 Å². The molecule has 4 nitrogen and oxygen atoms in total. The molecule has 0 atom stereocenters. The molecule has 0 aliphatic heterocycles. The number of amides is 1. The van der Waals surface area contributed by atoms with Crippen LogP contribution in [0.3, 0.4) is 0 Å². The van der Waals surface area contributed by atoms with Crippen molar-refractivity contribution in [1.82, 2.24) is 5.32 Å². The van der Waals surface area contributed by atoms with Crippen LogP contribution in [0.1, 0.15) is 5.56 Å². The van der Waals surface area contributed by atoms with Gasteiger partial charge in [-0.3, -0.25) is 4.79 Å². The van der Waals surface area contributed by atoms with E-state index in [9.17, 15) is 14.0 Å². The number of benzene rings is 1. The van der Waals surface area contributed by atoms with Crippen LogP contribution in [0, 0.1) is 5.82 Å². The number of carbonyl (C=O) groups excluding carboxylic acids is 2. The van der Waals surface area contributed by atoms with E-state index >= 15 is 0 Å². The maximum atomic E-state index is 13.3. The lowest BCUT2D eigenvalue weighted by Crippen LogP contribution is -2.24. The maximum Gasteiger partial charge on any atom is 0.331 e. The summed E-state index contributed by atoms with van der Waals surface area (Å²) in [7, 11) is 1.43. The molecular formula is C12H11BrFNO3. The number of hydrogen-bond donors (Lipinski definition) is 1. The first-order valence-electron chi connectivity index (χ1n) is 5.03. The summed E-state index contributed by atoms with van der Waals surface area (Å²) in [6, 6.07) is 4.36. The highest BCUT2D eigenvalue weighted by Crippen LogP contribution is 2.16. The van der Waals surface area contributed by atoms with E-state index in [1.807, 2.05) is 0 Å². The van der Waals surface area contributed by atoms with Crippen LogP contribution in [-0.4, -0.2) is 25.5 Å². The molecule has 1 rings (SSSR count). The first-order chi connectivity index (χ1) is 8.52. The first-order valence-corrected chi connectivity index (χ1v) is 5.82. The predicted octanol–water partition coefficient (Wildman–Crippen LogP) is 1.89. The lowest BCUT2D eigenvalue weighted by atomic mass is 10.2. The quantitative estimate of drug-likeness (QED) is 0.682. The van der Waals surface area contributed by atoms with Crippen LogP contribution in [0.5, 0.6) is 0 Å². The van der Waals surface area contributed by atoms with Crippen LogP contribution in [0.25, 0.3) is 6.08 Å². The Morgan fingerprint density at radius 1 is 1.50 bits per heavy atom. The van der Waals surface area contributed by atoms with E-state index in [-0.39, 0.29) is 12.2 Å². The minimum absolute atomic E-state index is 0.251. The Hall–Kier alpha value is -1.69. The minimum atomic E-state index is -0.710. The normalized spacial score (nSPS) is 10.4. The summed E-state index contributed by atoms with van der Waals surface area (Å²) in [4.78, 5) is 22.0. The molecule has 18 heavy (non-hydrogen) atoms. The Labute approximate surface area is 112 Å². The number of esters is 1. The Kier molecular flexibility index (Phi) is 5.51. The van der Waals surface area contributed by atoms with Crippen molar-refractivity contribution in [1.29, 1.82) is 0 Å². The summed E-state index contributed by atoms with van der Waals surface area (Å²) >= 11 is 3.19. The molecule has 0 aliphatic rings. The molecule has 1 aromatic carbocycles. The molecule has 0 fully saturated rings. The summed E-state index contributed by atoms with van der Waals surface area (Å²) in [6.07, 6.45) is 2.35. The van der Waals surface area contributed by atoms with Gasteiger partial charge in [0.25, 0.3) is 5.91 Å². The van der Waals surface area contributed by atoms with Crippen molar-refractivity contribution in [3.63, 3.8) is 0 Å². The average molecular weight is 316 g/mol. The van der Waals surface area contributed by atoms with Crippen molar-refractivity contribution >= 4 is 33.9 Å². The van der Waals surface area contributed by atoms with Gasteiger partial charge in [0.2, 0.25) is 0 Å². The number of nitrogens with one attached hydrogen (secondary N) is 1. The number of halogens is 2. The van der Waals surface area contributed by atoms with Crippen molar-refractivity contribution in [3.8, 4) is 0 Å². The Morgan fingerprint density at radius 3 is 2.89 bits per heavy atom. The fourth-order valence-electron chi connectivity index (χ4n) is 1.06. The van der Waals surface area contributed by atoms with E-state index in [1.165, 1.54) is 25.3 Å². The van der Waals surface area contributed by atoms with Crippen molar-refractivity contribution < 1.29 is 18.7 Å². The molecule has 1 N–H and O–H groups in total. The highest BCUT2D eigenvalue weighted by Gasteiger charge is 2.03. The van der Waals surface area contributed by atoms with Crippen LogP contribution in [-0.2, 0) is 14.3 Å². The van der Waals surface area contributed by atoms with Gasteiger partial charge in [-0.15, -0.1) is 0 Å². The van der Waals surface area contributed by atoms with Crippen molar-refractivity contribution in [3.05, 3.63) is 40.1 Å². The van der Waals surface area contributed by atoms with Crippen LogP contribution < -0.4 is 5.32 Å². The van der Waals surface area contributed by atoms with Gasteiger partial charge < -0.3 is 10.1 Å². The third-order valence-corrected chi connectivity index (χ3v) is 2.47. The molecule has 96 valence electrons. The molecule has 6 heteroatoms. The fraction of sp³-hybridized carbons (Fsp3) is 0.167. The third-order valence-electron chi connectivity index (χ3n) is 1.98. The summed E-state index contributed by atoms with van der Waals surface area (Å²) in [6.45, 7) is -0.360. The highest BCUT2D eigenvalue weighted by atomic mass is 79.9. The van der Waals surface area contributed by atoms with Gasteiger partial charge in [0, 0.05) is 23.2 Å². The number of carbonyl (C=O) groups is 2. The topological polar surface area (TPSA) is 55.4 Å². The zero-order valence-electron chi connectivity index (χ0n) is 9.57. The van der Waals surface area contributed by atoms with Crippen molar-refractivity contribution in [2.75, 3.05) is 13.7 Å². The molecule has 0 spiro atoms. The van der Waals surface area contributed by atoms with Crippen LogP contribution in [0.2, 0.25) is 0 Å². The molecule has 0 radical (unpaired) electrons. The van der Waals surface area contributed by atoms with Crippen molar-refractivity contribution in [2.24, 2.45) is 0 Å². The van der Waals surface area contributed by atoms with E-state index in [2.05, 4.69) is 26.0 Å². The van der Waals surface area contributed by atoms with E-state index in [4.69, 9.17) is 0 Å². The molecule has 1 aromatic rings. The molecular weight excluding hydrogens is 305 g/mol. The molecule has 0 saturated heterocycles. The van der Waals surface area contributed by atoms with Gasteiger partial charge in [-0.05, 0) is 24.3 Å². The second-order valence-corrected chi connectivity index (χ2v) is 4.20. The number of ether oxygens (including phenoxy) is 1. The SMILES string of the molecule is CNC(=O)COC(=O)/C=C/c1cc(Br)ccc1F. The number of rotatable bonds is 4. The van der Waals surface area contributed by atoms with E-state index in [0.29, 0.717) is 4.47 Å². The van der Waals surface area contributed by atoms with Gasteiger partial charge in [-0.1, -0.05) is 15.9 Å². The van der Waals surface area contributed by atoms with Gasteiger partial charge in [0.1, 0.15) is 5.82 Å². The third kappa shape index (κ3) is 4.67. The minimum Gasteiger partial charge on any atom is -0.452 e. The summed E-state index contributed by atoms with van der Waals surface area (Å²) in [5.41, 5.74) is 0.251. The first kappa shape index (κ1) is 14.4. The Balaban J connectivity index is 2.60. The van der Waals surface area contributed by atoms with Crippen LogP contribution in [0.4, 0.5) is 4.39 Å². The summed E-state index contributed by atoms with van der Waals surface area (Å²) < 4.78 is 18.6. The molecule has 1 amide bonds. The lowest BCUT2D eigenvalue weighted by Gasteiger charge is -2.00. The molecule has 0 aliphatic carbocycles. The molecule has 0 saturated carbocycles. The van der Waals surface area contributed by atoms with Crippen LogP contribution >= 0.6 is 15.9 Å². The monoisotopic (exact) mass is 315 g/mol.